The summed E-state index contributed by atoms with van der Waals surface area (Å²) < 4.78 is 10.8. The van der Waals surface area contributed by atoms with Gasteiger partial charge in [0.2, 0.25) is 0 Å². The Morgan fingerprint density at radius 3 is 2.95 bits per heavy atom. The highest BCUT2D eigenvalue weighted by atomic mass is 16.5. The van der Waals surface area contributed by atoms with Crippen molar-refractivity contribution in [2.45, 2.75) is 25.4 Å². The molecule has 2 rings (SSSR count). The van der Waals surface area contributed by atoms with Gasteiger partial charge in [0.05, 0.1) is 13.7 Å². The number of benzene rings is 1. The molecule has 19 heavy (non-hydrogen) atoms. The Balaban J connectivity index is 2.06. The summed E-state index contributed by atoms with van der Waals surface area (Å²) in [5.74, 6) is 0.870. The first-order valence-corrected chi connectivity index (χ1v) is 6.80. The number of ether oxygens (including phenoxy) is 2. The summed E-state index contributed by atoms with van der Waals surface area (Å²) in [6.45, 7) is 4.56. The minimum atomic E-state index is -0.0413. The molecule has 0 bridgehead atoms. The van der Waals surface area contributed by atoms with E-state index in [4.69, 9.17) is 15.2 Å². The first-order chi connectivity index (χ1) is 9.11. The van der Waals surface area contributed by atoms with Crippen molar-refractivity contribution in [3.05, 3.63) is 29.3 Å². The normalized spacial score (nSPS) is 20.8. The van der Waals surface area contributed by atoms with Gasteiger partial charge < -0.3 is 15.2 Å². The van der Waals surface area contributed by atoms with Gasteiger partial charge in [-0.1, -0.05) is 17.7 Å². The second-order valence-electron chi connectivity index (χ2n) is 5.31. The molecule has 0 amide bonds. The lowest BCUT2D eigenvalue weighted by Crippen LogP contribution is -2.37. The number of hydrogen-bond donors (Lipinski definition) is 1. The summed E-state index contributed by atoms with van der Waals surface area (Å²) in [4.78, 5) is 2.29. The van der Waals surface area contributed by atoms with Gasteiger partial charge in [-0.3, -0.25) is 4.90 Å². The number of aryl methyl sites for hydroxylation is 1. The second kappa shape index (κ2) is 6.37. The van der Waals surface area contributed by atoms with Crippen LogP contribution in [0.3, 0.4) is 0 Å². The summed E-state index contributed by atoms with van der Waals surface area (Å²) >= 11 is 0. The average molecular weight is 264 g/mol. The van der Waals surface area contributed by atoms with Crippen LogP contribution < -0.4 is 10.5 Å². The van der Waals surface area contributed by atoms with Crippen LogP contribution in [0.2, 0.25) is 0 Å². The fourth-order valence-corrected chi connectivity index (χ4v) is 2.57. The van der Waals surface area contributed by atoms with Crippen LogP contribution in [0, 0.1) is 6.92 Å². The molecule has 2 unspecified atom stereocenters. The lowest BCUT2D eigenvalue weighted by Gasteiger charge is -2.27. The van der Waals surface area contributed by atoms with Crippen molar-refractivity contribution in [3.8, 4) is 5.75 Å². The Morgan fingerprint density at radius 1 is 1.53 bits per heavy atom. The van der Waals surface area contributed by atoms with Gasteiger partial charge in [-0.25, -0.2) is 0 Å². The maximum absolute atomic E-state index is 6.35. The minimum Gasteiger partial charge on any atom is -0.496 e. The first-order valence-electron chi connectivity index (χ1n) is 6.80. The topological polar surface area (TPSA) is 47.7 Å². The van der Waals surface area contributed by atoms with E-state index in [0.29, 0.717) is 6.04 Å². The van der Waals surface area contributed by atoms with Crippen molar-refractivity contribution in [1.82, 2.24) is 4.90 Å². The van der Waals surface area contributed by atoms with Gasteiger partial charge >= 0.3 is 0 Å². The lowest BCUT2D eigenvalue weighted by molar-refractivity contribution is 0.155. The molecule has 2 atom stereocenters. The Kier molecular flexibility index (Phi) is 4.80. The third kappa shape index (κ3) is 3.47. The average Bonchev–Trinajstić information content (AvgIpc) is 2.92. The minimum absolute atomic E-state index is 0.0413. The predicted octanol–water partition coefficient (Wildman–Crippen LogP) is 1.72. The molecule has 1 fully saturated rings. The third-order valence-electron chi connectivity index (χ3n) is 3.80. The largest absolute Gasteiger partial charge is 0.496 e. The van der Waals surface area contributed by atoms with Gasteiger partial charge in [-0.05, 0) is 26.5 Å². The van der Waals surface area contributed by atoms with Gasteiger partial charge in [0.15, 0.2) is 0 Å². The highest BCUT2D eigenvalue weighted by Crippen LogP contribution is 2.26. The highest BCUT2D eigenvalue weighted by Gasteiger charge is 2.23. The fraction of sp³-hybridized carbons (Fsp3) is 0.600. The van der Waals surface area contributed by atoms with Crippen LogP contribution in [0.25, 0.3) is 0 Å². The molecule has 1 aromatic carbocycles. The van der Waals surface area contributed by atoms with E-state index >= 15 is 0 Å². The monoisotopic (exact) mass is 264 g/mol. The van der Waals surface area contributed by atoms with Crippen LogP contribution in [-0.2, 0) is 4.74 Å². The number of nitrogens with two attached hydrogens (primary N) is 1. The van der Waals surface area contributed by atoms with Gasteiger partial charge in [-0.15, -0.1) is 0 Å². The zero-order valence-electron chi connectivity index (χ0n) is 12.1. The molecule has 1 aromatic rings. The zero-order chi connectivity index (χ0) is 13.8. The smallest absolute Gasteiger partial charge is 0.123 e. The van der Waals surface area contributed by atoms with E-state index in [0.717, 1.165) is 37.5 Å². The molecule has 0 aliphatic carbocycles. The van der Waals surface area contributed by atoms with Crippen LogP contribution in [0.1, 0.15) is 23.6 Å². The van der Waals surface area contributed by atoms with Crippen molar-refractivity contribution >= 4 is 0 Å². The van der Waals surface area contributed by atoms with E-state index in [1.54, 1.807) is 7.11 Å². The van der Waals surface area contributed by atoms with Gasteiger partial charge in [0.1, 0.15) is 5.75 Å². The summed E-state index contributed by atoms with van der Waals surface area (Å²) in [6.07, 6.45) is 1.09. The van der Waals surface area contributed by atoms with Crippen LogP contribution in [0.15, 0.2) is 18.2 Å². The fourth-order valence-electron chi connectivity index (χ4n) is 2.57. The summed E-state index contributed by atoms with van der Waals surface area (Å²) in [6, 6.07) is 6.59. The molecule has 4 nitrogen and oxygen atoms in total. The maximum atomic E-state index is 6.35. The van der Waals surface area contributed by atoms with Crippen molar-refractivity contribution in [2.24, 2.45) is 5.73 Å². The summed E-state index contributed by atoms with van der Waals surface area (Å²) in [7, 11) is 3.80. The van der Waals surface area contributed by atoms with Crippen molar-refractivity contribution in [3.63, 3.8) is 0 Å². The molecular weight excluding hydrogens is 240 g/mol. The quantitative estimate of drug-likeness (QED) is 0.880. The molecule has 1 aliphatic rings. The molecule has 1 aliphatic heterocycles. The third-order valence-corrected chi connectivity index (χ3v) is 3.80. The summed E-state index contributed by atoms with van der Waals surface area (Å²) in [5.41, 5.74) is 8.63. The second-order valence-corrected chi connectivity index (χ2v) is 5.31. The Bertz CT molecular complexity index is 417. The number of nitrogens with zero attached hydrogens (tertiary/aromatic N) is 1. The SMILES string of the molecule is COc1ccc(C)cc1C(N)CN(C)C1CCOC1. The van der Waals surface area contributed by atoms with E-state index in [2.05, 4.69) is 24.9 Å². The number of rotatable bonds is 5. The van der Waals surface area contributed by atoms with E-state index in [1.807, 2.05) is 12.1 Å². The highest BCUT2D eigenvalue weighted by molar-refractivity contribution is 5.39. The lowest BCUT2D eigenvalue weighted by atomic mass is 10.0. The number of hydrogen-bond acceptors (Lipinski definition) is 4. The molecule has 0 spiro atoms. The van der Waals surface area contributed by atoms with E-state index in [1.165, 1.54) is 5.56 Å². The van der Waals surface area contributed by atoms with Crippen molar-refractivity contribution in [1.29, 1.82) is 0 Å². The molecule has 0 aromatic heterocycles. The molecule has 2 N–H and O–H groups in total. The number of methoxy groups -OCH3 is 1. The Morgan fingerprint density at radius 2 is 2.32 bits per heavy atom. The summed E-state index contributed by atoms with van der Waals surface area (Å²) in [5, 5.41) is 0. The molecule has 1 saturated heterocycles. The van der Waals surface area contributed by atoms with Gasteiger partial charge in [0, 0.05) is 30.8 Å². The maximum Gasteiger partial charge on any atom is 0.123 e. The van der Waals surface area contributed by atoms with E-state index in [-0.39, 0.29) is 6.04 Å². The molecular formula is C15H24N2O2. The Hall–Kier alpha value is -1.10. The van der Waals surface area contributed by atoms with Crippen molar-refractivity contribution < 1.29 is 9.47 Å². The van der Waals surface area contributed by atoms with Crippen LogP contribution >= 0.6 is 0 Å². The van der Waals surface area contributed by atoms with Crippen LogP contribution in [-0.4, -0.2) is 44.9 Å². The van der Waals surface area contributed by atoms with Crippen LogP contribution in [0.4, 0.5) is 0 Å². The standard InChI is InChI=1S/C15H24N2O2/c1-11-4-5-15(18-3)13(8-11)14(16)9-17(2)12-6-7-19-10-12/h4-5,8,12,14H,6-7,9-10,16H2,1-3H3. The van der Waals surface area contributed by atoms with E-state index < -0.39 is 0 Å². The predicted molar refractivity (Wildman–Crippen MR) is 76.5 cm³/mol. The Labute approximate surface area is 115 Å². The van der Waals surface area contributed by atoms with Crippen molar-refractivity contribution in [2.75, 3.05) is 33.9 Å². The van der Waals surface area contributed by atoms with E-state index in [9.17, 15) is 0 Å². The first kappa shape index (κ1) is 14.3. The molecule has 0 saturated carbocycles. The molecule has 106 valence electrons. The van der Waals surface area contributed by atoms with Gasteiger partial charge in [-0.2, -0.15) is 0 Å². The van der Waals surface area contributed by atoms with Gasteiger partial charge in [0.25, 0.3) is 0 Å². The molecule has 1 heterocycles. The van der Waals surface area contributed by atoms with Crippen LogP contribution in [0.5, 0.6) is 5.75 Å². The molecule has 4 heteroatoms. The molecule has 0 radical (unpaired) electrons. The number of likely N-dealkylation sites (N-methyl/N-ethyl adjacent to an activating group) is 1. The zero-order valence-corrected chi connectivity index (χ0v) is 12.1.